The Kier molecular flexibility index (Phi) is 5.19. The van der Waals surface area contributed by atoms with E-state index in [0.29, 0.717) is 17.0 Å². The molecule has 1 nitrogen and oxygen atoms in total. The van der Waals surface area contributed by atoms with Crippen LogP contribution in [0.25, 0.3) is 10.4 Å². The van der Waals surface area contributed by atoms with E-state index in [4.69, 9.17) is 0 Å². The van der Waals surface area contributed by atoms with E-state index in [2.05, 4.69) is 4.74 Å². The molecule has 3 aromatic rings. The molecule has 0 atom stereocenters. The maximum atomic E-state index is 14.3. The van der Waals surface area contributed by atoms with Gasteiger partial charge >= 0.3 is 6.11 Å². The van der Waals surface area contributed by atoms with Gasteiger partial charge in [-0.3, -0.25) is 0 Å². The maximum absolute atomic E-state index is 14.3. The van der Waals surface area contributed by atoms with Gasteiger partial charge in [-0.2, -0.15) is 8.78 Å². The first kappa shape index (κ1) is 19.3. The van der Waals surface area contributed by atoms with Crippen LogP contribution in [-0.4, -0.2) is 0 Å². The predicted octanol–water partition coefficient (Wildman–Crippen LogP) is 6.66. The van der Waals surface area contributed by atoms with Crippen molar-refractivity contribution in [1.29, 1.82) is 0 Å². The molecule has 142 valence electrons. The number of alkyl halides is 2. The molecular formula is C19H12F6OS. The zero-order valence-electron chi connectivity index (χ0n) is 13.8. The molecule has 0 spiro atoms. The van der Waals surface area contributed by atoms with Crippen LogP contribution in [0.15, 0.2) is 42.5 Å². The normalized spacial score (nSPS) is 11.7. The lowest BCUT2D eigenvalue weighted by Gasteiger charge is -2.20. The van der Waals surface area contributed by atoms with Gasteiger partial charge in [0.2, 0.25) is 0 Å². The molecule has 0 bridgehead atoms. The Labute approximate surface area is 154 Å². The van der Waals surface area contributed by atoms with Gasteiger partial charge in [0.05, 0.1) is 0 Å². The minimum Gasteiger partial charge on any atom is -0.429 e. The van der Waals surface area contributed by atoms with Crippen molar-refractivity contribution in [3.8, 4) is 16.2 Å². The number of aryl methyl sites for hydroxylation is 1. The van der Waals surface area contributed by atoms with Crippen LogP contribution in [0.4, 0.5) is 26.3 Å². The Morgan fingerprint density at radius 1 is 0.852 bits per heavy atom. The Morgan fingerprint density at radius 3 is 2.07 bits per heavy atom. The molecule has 2 aromatic carbocycles. The molecule has 0 saturated carbocycles. The summed E-state index contributed by atoms with van der Waals surface area (Å²) in [7, 11) is 0. The van der Waals surface area contributed by atoms with E-state index in [0.717, 1.165) is 29.5 Å². The second-order valence-corrected chi connectivity index (χ2v) is 6.80. The lowest BCUT2D eigenvalue weighted by molar-refractivity contribution is -0.189. The molecule has 0 radical (unpaired) electrons. The van der Waals surface area contributed by atoms with E-state index in [-0.39, 0.29) is 5.56 Å². The highest BCUT2D eigenvalue weighted by Gasteiger charge is 2.41. The predicted molar refractivity (Wildman–Crippen MR) is 89.9 cm³/mol. The monoisotopic (exact) mass is 402 g/mol. The molecule has 0 aliphatic heterocycles. The van der Waals surface area contributed by atoms with Gasteiger partial charge in [-0.1, -0.05) is 6.92 Å². The van der Waals surface area contributed by atoms with Gasteiger partial charge in [0.25, 0.3) is 0 Å². The fourth-order valence-electron chi connectivity index (χ4n) is 2.46. The van der Waals surface area contributed by atoms with Gasteiger partial charge in [0.15, 0.2) is 11.6 Å². The van der Waals surface area contributed by atoms with Crippen molar-refractivity contribution in [3.63, 3.8) is 0 Å². The molecule has 1 heterocycles. The molecule has 27 heavy (non-hydrogen) atoms. The number of rotatable bonds is 5. The van der Waals surface area contributed by atoms with E-state index >= 15 is 0 Å². The summed E-state index contributed by atoms with van der Waals surface area (Å²) >= 11 is 1.29. The van der Waals surface area contributed by atoms with Crippen molar-refractivity contribution in [2.24, 2.45) is 0 Å². The third-order valence-electron chi connectivity index (χ3n) is 3.76. The van der Waals surface area contributed by atoms with Gasteiger partial charge in [0.1, 0.15) is 22.9 Å². The van der Waals surface area contributed by atoms with Crippen LogP contribution >= 0.6 is 11.3 Å². The number of hydrogen-bond donors (Lipinski definition) is 0. The molecule has 0 aliphatic rings. The van der Waals surface area contributed by atoms with Crippen molar-refractivity contribution < 1.29 is 31.1 Å². The fraction of sp³-hybridized carbons (Fsp3) is 0.158. The number of thiophene rings is 1. The van der Waals surface area contributed by atoms with Crippen LogP contribution in [0.1, 0.15) is 17.4 Å². The first-order chi connectivity index (χ1) is 12.7. The highest BCUT2D eigenvalue weighted by atomic mass is 32.1. The zero-order valence-corrected chi connectivity index (χ0v) is 14.6. The van der Waals surface area contributed by atoms with Crippen molar-refractivity contribution in [1.82, 2.24) is 0 Å². The SMILES string of the molecule is CCc1ccc(-c2cc(F)c(C(F)(F)Oc3ccc(F)c(F)c3)c(F)c2)s1. The van der Waals surface area contributed by atoms with Crippen LogP contribution in [0.5, 0.6) is 5.75 Å². The van der Waals surface area contributed by atoms with Crippen molar-refractivity contribution in [2.45, 2.75) is 19.5 Å². The minimum absolute atomic E-state index is 0.113. The van der Waals surface area contributed by atoms with Crippen LogP contribution in [0.3, 0.4) is 0 Å². The summed E-state index contributed by atoms with van der Waals surface area (Å²) in [5.41, 5.74) is -1.50. The van der Waals surface area contributed by atoms with Gasteiger partial charge in [0, 0.05) is 15.8 Å². The molecule has 8 heteroatoms. The number of hydrogen-bond acceptors (Lipinski definition) is 2. The van der Waals surface area contributed by atoms with Gasteiger partial charge in [-0.25, -0.2) is 17.6 Å². The zero-order chi connectivity index (χ0) is 19.8. The maximum Gasteiger partial charge on any atom is 0.432 e. The van der Waals surface area contributed by atoms with Crippen LogP contribution in [0.2, 0.25) is 0 Å². The highest BCUT2D eigenvalue weighted by Crippen LogP contribution is 2.38. The number of benzene rings is 2. The highest BCUT2D eigenvalue weighted by molar-refractivity contribution is 7.15. The standard InChI is InChI=1S/C19H12F6OS/c1-2-12-4-6-17(27-12)10-7-15(22)18(16(23)8-10)19(24,25)26-11-3-5-13(20)14(21)9-11/h3-9H,2H2,1H3. The lowest BCUT2D eigenvalue weighted by atomic mass is 10.1. The molecule has 0 unspecified atom stereocenters. The van der Waals surface area contributed by atoms with E-state index < -0.39 is 40.7 Å². The molecule has 0 N–H and O–H groups in total. The Hall–Kier alpha value is -2.48. The van der Waals surface area contributed by atoms with Crippen molar-refractivity contribution in [2.75, 3.05) is 0 Å². The Morgan fingerprint density at radius 2 is 1.52 bits per heavy atom. The van der Waals surface area contributed by atoms with Gasteiger partial charge < -0.3 is 4.74 Å². The molecule has 0 saturated heterocycles. The van der Waals surface area contributed by atoms with E-state index in [1.165, 1.54) is 11.3 Å². The first-order valence-electron chi connectivity index (χ1n) is 7.81. The summed E-state index contributed by atoms with van der Waals surface area (Å²) in [5.74, 6) is -6.49. The average Bonchev–Trinajstić information content (AvgIpc) is 3.06. The van der Waals surface area contributed by atoms with Crippen molar-refractivity contribution in [3.05, 3.63) is 76.2 Å². The third kappa shape index (κ3) is 3.95. The number of ether oxygens (including phenoxy) is 1. The summed E-state index contributed by atoms with van der Waals surface area (Å²) in [6, 6.07) is 6.66. The largest absolute Gasteiger partial charge is 0.432 e. The van der Waals surface area contributed by atoms with Crippen molar-refractivity contribution >= 4 is 11.3 Å². The molecule has 0 aliphatic carbocycles. The summed E-state index contributed by atoms with van der Waals surface area (Å²) in [5, 5.41) is 0. The molecule has 0 fully saturated rings. The first-order valence-corrected chi connectivity index (χ1v) is 8.63. The smallest absolute Gasteiger partial charge is 0.429 e. The van der Waals surface area contributed by atoms with Gasteiger partial charge in [-0.05, 0) is 48.4 Å². The second kappa shape index (κ2) is 7.26. The molecule has 0 amide bonds. The van der Waals surface area contributed by atoms with E-state index in [1.807, 2.05) is 6.92 Å². The summed E-state index contributed by atoms with van der Waals surface area (Å²) in [6.07, 6.45) is -3.70. The van der Waals surface area contributed by atoms with Crippen LogP contribution < -0.4 is 4.74 Å². The molecule has 3 rings (SSSR count). The molecular weight excluding hydrogens is 390 g/mol. The van der Waals surface area contributed by atoms with Gasteiger partial charge in [-0.15, -0.1) is 11.3 Å². The number of halogens is 6. The topological polar surface area (TPSA) is 9.23 Å². The Balaban J connectivity index is 1.96. The fourth-order valence-corrected chi connectivity index (χ4v) is 3.39. The molecule has 1 aromatic heterocycles. The second-order valence-electron chi connectivity index (χ2n) is 5.63. The van der Waals surface area contributed by atoms with Crippen LogP contribution in [0, 0.1) is 23.3 Å². The minimum atomic E-state index is -4.43. The van der Waals surface area contributed by atoms with E-state index in [1.54, 1.807) is 12.1 Å². The summed E-state index contributed by atoms with van der Waals surface area (Å²) in [4.78, 5) is 1.50. The van der Waals surface area contributed by atoms with E-state index in [9.17, 15) is 26.3 Å². The average molecular weight is 402 g/mol. The summed E-state index contributed by atoms with van der Waals surface area (Å²) < 4.78 is 87.4. The lowest BCUT2D eigenvalue weighted by Crippen LogP contribution is -2.25. The summed E-state index contributed by atoms with van der Waals surface area (Å²) in [6.45, 7) is 1.91. The quantitative estimate of drug-likeness (QED) is 0.434. The Bertz CT molecular complexity index is 959. The van der Waals surface area contributed by atoms with Crippen LogP contribution in [-0.2, 0) is 12.5 Å². The third-order valence-corrected chi connectivity index (χ3v) is 5.04.